The van der Waals surface area contributed by atoms with Gasteiger partial charge in [0.2, 0.25) is 5.91 Å². The molecular formula is C15H21NO2. The summed E-state index contributed by atoms with van der Waals surface area (Å²) in [5, 5.41) is 12.0. The van der Waals surface area contributed by atoms with Crippen LogP contribution in [0.2, 0.25) is 0 Å². The molecule has 1 saturated carbocycles. The molecule has 0 unspecified atom stereocenters. The van der Waals surface area contributed by atoms with E-state index >= 15 is 0 Å². The van der Waals surface area contributed by atoms with Crippen molar-refractivity contribution in [2.45, 2.75) is 44.9 Å². The van der Waals surface area contributed by atoms with Crippen molar-refractivity contribution in [1.29, 1.82) is 0 Å². The summed E-state index contributed by atoms with van der Waals surface area (Å²) >= 11 is 0. The smallest absolute Gasteiger partial charge is 0.224 e. The molecule has 1 aliphatic rings. The van der Waals surface area contributed by atoms with Crippen molar-refractivity contribution >= 4 is 11.6 Å². The van der Waals surface area contributed by atoms with Gasteiger partial charge in [-0.3, -0.25) is 4.79 Å². The molecule has 0 radical (unpaired) electrons. The fourth-order valence-corrected chi connectivity index (χ4v) is 2.58. The number of benzene rings is 1. The highest BCUT2D eigenvalue weighted by Gasteiger charge is 2.14. The highest BCUT2D eigenvalue weighted by Crippen LogP contribution is 2.27. The van der Waals surface area contributed by atoms with Crippen molar-refractivity contribution in [3.05, 3.63) is 24.3 Å². The first-order valence-electron chi connectivity index (χ1n) is 6.83. The van der Waals surface area contributed by atoms with Crippen molar-refractivity contribution < 1.29 is 9.90 Å². The zero-order valence-electron chi connectivity index (χ0n) is 10.7. The Morgan fingerprint density at radius 2 is 1.83 bits per heavy atom. The van der Waals surface area contributed by atoms with E-state index in [1.807, 2.05) is 0 Å². The quantitative estimate of drug-likeness (QED) is 0.797. The van der Waals surface area contributed by atoms with E-state index in [4.69, 9.17) is 5.11 Å². The van der Waals surface area contributed by atoms with Crippen LogP contribution >= 0.6 is 0 Å². The molecule has 0 atom stereocenters. The predicted octanol–water partition coefficient (Wildman–Crippen LogP) is 3.69. The van der Waals surface area contributed by atoms with Crippen LogP contribution in [-0.4, -0.2) is 11.0 Å². The molecule has 2 rings (SSSR count). The van der Waals surface area contributed by atoms with Crippen molar-refractivity contribution in [2.24, 2.45) is 5.92 Å². The molecule has 3 nitrogen and oxygen atoms in total. The Kier molecular flexibility index (Phi) is 4.62. The van der Waals surface area contributed by atoms with E-state index < -0.39 is 0 Å². The zero-order chi connectivity index (χ0) is 12.8. The highest BCUT2D eigenvalue weighted by atomic mass is 16.3. The number of anilines is 1. The first-order chi connectivity index (χ1) is 8.74. The molecule has 2 N–H and O–H groups in total. The van der Waals surface area contributed by atoms with Crippen LogP contribution in [0.3, 0.4) is 0 Å². The minimum atomic E-state index is 0.0752. The topological polar surface area (TPSA) is 49.3 Å². The Hall–Kier alpha value is -1.51. The third kappa shape index (κ3) is 4.06. The number of amides is 1. The van der Waals surface area contributed by atoms with E-state index in [9.17, 15) is 4.79 Å². The monoisotopic (exact) mass is 247 g/mol. The van der Waals surface area contributed by atoms with Crippen LogP contribution in [0.5, 0.6) is 5.75 Å². The van der Waals surface area contributed by atoms with E-state index in [0.29, 0.717) is 6.42 Å². The Bertz CT molecular complexity index is 380. The van der Waals surface area contributed by atoms with Crippen LogP contribution in [0.25, 0.3) is 0 Å². The van der Waals surface area contributed by atoms with Gasteiger partial charge in [0.25, 0.3) is 0 Å². The minimum Gasteiger partial charge on any atom is -0.508 e. The summed E-state index contributed by atoms with van der Waals surface area (Å²) < 4.78 is 0. The number of aromatic hydroxyl groups is 1. The SMILES string of the molecule is O=C(CCC1CCCCC1)Nc1ccc(O)cc1. The van der Waals surface area contributed by atoms with Crippen LogP contribution in [0.4, 0.5) is 5.69 Å². The van der Waals surface area contributed by atoms with E-state index in [2.05, 4.69) is 5.32 Å². The lowest BCUT2D eigenvalue weighted by atomic mass is 9.86. The maximum atomic E-state index is 11.8. The second-order valence-electron chi connectivity index (χ2n) is 5.14. The molecule has 0 heterocycles. The maximum Gasteiger partial charge on any atom is 0.224 e. The van der Waals surface area contributed by atoms with Gasteiger partial charge in [0, 0.05) is 12.1 Å². The molecule has 0 saturated heterocycles. The van der Waals surface area contributed by atoms with Gasteiger partial charge in [-0.1, -0.05) is 32.1 Å². The minimum absolute atomic E-state index is 0.0752. The number of carbonyl (C=O) groups is 1. The van der Waals surface area contributed by atoms with E-state index in [1.165, 1.54) is 32.1 Å². The van der Waals surface area contributed by atoms with Gasteiger partial charge in [0.15, 0.2) is 0 Å². The molecule has 1 aliphatic carbocycles. The molecule has 1 fully saturated rings. The van der Waals surface area contributed by atoms with Crippen LogP contribution in [-0.2, 0) is 4.79 Å². The fourth-order valence-electron chi connectivity index (χ4n) is 2.58. The molecule has 98 valence electrons. The van der Waals surface area contributed by atoms with Gasteiger partial charge in [-0.2, -0.15) is 0 Å². The second-order valence-corrected chi connectivity index (χ2v) is 5.14. The summed E-state index contributed by atoms with van der Waals surface area (Å²) in [6.45, 7) is 0. The Balaban J connectivity index is 1.73. The molecule has 0 spiro atoms. The number of rotatable bonds is 4. The average molecular weight is 247 g/mol. The van der Waals surface area contributed by atoms with Gasteiger partial charge < -0.3 is 10.4 Å². The van der Waals surface area contributed by atoms with Gasteiger partial charge in [-0.05, 0) is 36.6 Å². The summed E-state index contributed by atoms with van der Waals surface area (Å²) in [5.41, 5.74) is 0.751. The number of nitrogens with one attached hydrogen (secondary N) is 1. The van der Waals surface area contributed by atoms with E-state index in [1.54, 1.807) is 24.3 Å². The van der Waals surface area contributed by atoms with Crippen LogP contribution in [0.15, 0.2) is 24.3 Å². The lowest BCUT2D eigenvalue weighted by Gasteiger charge is -2.20. The number of phenolic OH excluding ortho intramolecular Hbond substituents is 1. The molecule has 0 aromatic heterocycles. The average Bonchev–Trinajstić information content (AvgIpc) is 2.40. The lowest BCUT2D eigenvalue weighted by molar-refractivity contribution is -0.116. The van der Waals surface area contributed by atoms with Crippen molar-refractivity contribution in [3.8, 4) is 5.75 Å². The molecule has 1 amide bonds. The Morgan fingerprint density at radius 3 is 2.50 bits per heavy atom. The van der Waals surface area contributed by atoms with Gasteiger partial charge >= 0.3 is 0 Å². The third-order valence-corrected chi connectivity index (χ3v) is 3.66. The molecule has 1 aromatic rings. The lowest BCUT2D eigenvalue weighted by Crippen LogP contribution is -2.14. The Labute approximate surface area is 108 Å². The van der Waals surface area contributed by atoms with Gasteiger partial charge in [0.1, 0.15) is 5.75 Å². The number of hydrogen-bond acceptors (Lipinski definition) is 2. The summed E-state index contributed by atoms with van der Waals surface area (Å²) in [4.78, 5) is 11.8. The first kappa shape index (κ1) is 12.9. The summed E-state index contributed by atoms with van der Waals surface area (Å²) in [6.07, 6.45) is 8.18. The second kappa shape index (κ2) is 6.43. The third-order valence-electron chi connectivity index (χ3n) is 3.66. The molecule has 3 heteroatoms. The number of phenols is 1. The van der Waals surface area contributed by atoms with E-state index in [0.717, 1.165) is 18.0 Å². The van der Waals surface area contributed by atoms with Crippen molar-refractivity contribution in [2.75, 3.05) is 5.32 Å². The fraction of sp³-hybridized carbons (Fsp3) is 0.533. The maximum absolute atomic E-state index is 11.8. The van der Waals surface area contributed by atoms with Gasteiger partial charge in [-0.25, -0.2) is 0 Å². The van der Waals surface area contributed by atoms with Gasteiger partial charge in [0.05, 0.1) is 0 Å². The molecule has 1 aromatic carbocycles. The normalized spacial score (nSPS) is 16.4. The molecule has 18 heavy (non-hydrogen) atoms. The van der Waals surface area contributed by atoms with Crippen LogP contribution in [0.1, 0.15) is 44.9 Å². The number of hydrogen-bond donors (Lipinski definition) is 2. The van der Waals surface area contributed by atoms with Gasteiger partial charge in [-0.15, -0.1) is 0 Å². The summed E-state index contributed by atoms with van der Waals surface area (Å²) in [5.74, 6) is 1.03. The predicted molar refractivity (Wildman–Crippen MR) is 72.5 cm³/mol. The number of carbonyl (C=O) groups excluding carboxylic acids is 1. The zero-order valence-corrected chi connectivity index (χ0v) is 10.7. The molecule has 0 bridgehead atoms. The van der Waals surface area contributed by atoms with Crippen LogP contribution < -0.4 is 5.32 Å². The Morgan fingerprint density at radius 1 is 1.17 bits per heavy atom. The highest BCUT2D eigenvalue weighted by molar-refractivity contribution is 5.90. The summed E-state index contributed by atoms with van der Waals surface area (Å²) in [6, 6.07) is 6.59. The van der Waals surface area contributed by atoms with Crippen molar-refractivity contribution in [1.82, 2.24) is 0 Å². The van der Waals surface area contributed by atoms with Crippen molar-refractivity contribution in [3.63, 3.8) is 0 Å². The summed E-state index contributed by atoms with van der Waals surface area (Å²) in [7, 11) is 0. The van der Waals surface area contributed by atoms with Crippen LogP contribution in [0, 0.1) is 5.92 Å². The molecule has 0 aliphatic heterocycles. The molecular weight excluding hydrogens is 226 g/mol. The first-order valence-corrected chi connectivity index (χ1v) is 6.83. The standard InChI is InChI=1S/C15H21NO2/c17-14-9-7-13(8-10-14)16-15(18)11-6-12-4-2-1-3-5-12/h7-10,12,17H,1-6,11H2,(H,16,18). The largest absolute Gasteiger partial charge is 0.508 e. The van der Waals surface area contributed by atoms with E-state index in [-0.39, 0.29) is 11.7 Å².